The molecule has 11 nitrogen and oxygen atoms in total. The topological polar surface area (TPSA) is 121 Å². The summed E-state index contributed by atoms with van der Waals surface area (Å²) >= 11 is 0. The van der Waals surface area contributed by atoms with Gasteiger partial charge in [-0.1, -0.05) is 0 Å². The number of carbonyl (C=O) groups is 2. The van der Waals surface area contributed by atoms with E-state index in [1.807, 2.05) is 18.7 Å². The molecule has 2 N–H and O–H groups in total. The van der Waals surface area contributed by atoms with Gasteiger partial charge in [-0.25, -0.2) is 9.36 Å². The molecule has 0 saturated carbocycles. The summed E-state index contributed by atoms with van der Waals surface area (Å²) in [5.74, 6) is 0.842. The lowest BCUT2D eigenvalue weighted by atomic mass is 10.3. The molecule has 2 aromatic heterocycles. The van der Waals surface area contributed by atoms with Gasteiger partial charge in [-0.15, -0.1) is 15.3 Å². The number of hydrogen-bond acceptors (Lipinski definition) is 7. The van der Waals surface area contributed by atoms with E-state index in [1.54, 1.807) is 21.7 Å². The van der Waals surface area contributed by atoms with Crippen LogP contribution in [-0.2, 0) is 4.79 Å². The fraction of sp³-hybridized carbons (Fsp3) is 0.533. The number of amides is 2. The number of nitrogens with zero attached hydrogens (tertiary/aromatic N) is 7. The van der Waals surface area contributed by atoms with Crippen molar-refractivity contribution in [2.75, 3.05) is 37.7 Å². The van der Waals surface area contributed by atoms with Crippen molar-refractivity contribution in [2.45, 2.75) is 19.9 Å². The fourth-order valence-corrected chi connectivity index (χ4v) is 2.73. The van der Waals surface area contributed by atoms with E-state index in [2.05, 4.69) is 20.6 Å². The zero-order valence-corrected chi connectivity index (χ0v) is 14.7. The van der Waals surface area contributed by atoms with Gasteiger partial charge in [-0.05, 0) is 13.8 Å². The molecule has 0 unspecified atom stereocenters. The number of aliphatic hydroxyl groups excluding tert-OH is 1. The van der Waals surface area contributed by atoms with Crippen molar-refractivity contribution >= 4 is 17.9 Å². The number of nitrogens with one attached hydrogen (secondary N) is 1. The maximum absolute atomic E-state index is 12.0. The van der Waals surface area contributed by atoms with Gasteiger partial charge in [0.05, 0.1) is 0 Å². The van der Waals surface area contributed by atoms with Gasteiger partial charge in [0, 0.05) is 44.5 Å². The summed E-state index contributed by atoms with van der Waals surface area (Å²) in [6.45, 7) is 5.40. The van der Waals surface area contributed by atoms with Crippen molar-refractivity contribution in [3.8, 4) is 5.82 Å². The van der Waals surface area contributed by atoms with Crippen LogP contribution in [0.3, 0.4) is 0 Å². The molecule has 3 heterocycles. The molecule has 26 heavy (non-hydrogen) atoms. The predicted molar refractivity (Wildman–Crippen MR) is 92.1 cm³/mol. The van der Waals surface area contributed by atoms with E-state index in [1.165, 1.54) is 11.0 Å². The number of aromatic nitrogens is 5. The average molecular weight is 362 g/mol. The molecule has 2 aromatic rings. The Bertz CT molecular complexity index is 775. The Morgan fingerprint density at radius 1 is 1.27 bits per heavy atom. The molecule has 1 fully saturated rings. The number of anilines is 1. The third-order valence-corrected chi connectivity index (χ3v) is 4.02. The van der Waals surface area contributed by atoms with Gasteiger partial charge in [0.1, 0.15) is 12.9 Å². The fourth-order valence-electron chi connectivity index (χ4n) is 2.73. The molecule has 0 atom stereocenters. The molecule has 0 bridgehead atoms. The van der Waals surface area contributed by atoms with E-state index in [4.69, 9.17) is 5.11 Å². The first kappa shape index (κ1) is 17.9. The van der Waals surface area contributed by atoms with Crippen LogP contribution in [0.25, 0.3) is 5.82 Å². The van der Waals surface area contributed by atoms with Crippen molar-refractivity contribution in [1.29, 1.82) is 0 Å². The van der Waals surface area contributed by atoms with Gasteiger partial charge >= 0.3 is 6.03 Å². The van der Waals surface area contributed by atoms with Gasteiger partial charge in [-0.3, -0.25) is 4.79 Å². The maximum atomic E-state index is 12.0. The number of aliphatic hydroxyl groups is 1. The molecule has 3 rings (SSSR count). The van der Waals surface area contributed by atoms with Crippen LogP contribution in [0.4, 0.5) is 10.7 Å². The van der Waals surface area contributed by atoms with Crippen molar-refractivity contribution in [1.82, 2.24) is 34.8 Å². The van der Waals surface area contributed by atoms with Crippen LogP contribution in [0.2, 0.25) is 0 Å². The lowest BCUT2D eigenvalue weighted by Crippen LogP contribution is -2.50. The van der Waals surface area contributed by atoms with Gasteiger partial charge in [-0.2, -0.15) is 4.68 Å². The lowest BCUT2D eigenvalue weighted by molar-refractivity contribution is -0.134. The number of piperazine rings is 1. The molecular weight excluding hydrogens is 340 g/mol. The Morgan fingerprint density at radius 3 is 2.65 bits per heavy atom. The minimum absolute atomic E-state index is 0.0125. The third kappa shape index (κ3) is 3.67. The van der Waals surface area contributed by atoms with Crippen LogP contribution in [-0.4, -0.2) is 85.3 Å². The second-order valence-corrected chi connectivity index (χ2v) is 6.25. The highest BCUT2D eigenvalue weighted by Crippen LogP contribution is 2.17. The molecule has 140 valence electrons. The Balaban J connectivity index is 1.73. The SMILES string of the molecule is CC(C)NC(=O)n1ccc(-n2cnnc2N2CCN(C(=O)CO)CC2)n1. The van der Waals surface area contributed by atoms with E-state index in [-0.39, 0.29) is 18.0 Å². The molecule has 11 heteroatoms. The first-order chi connectivity index (χ1) is 12.5. The monoisotopic (exact) mass is 362 g/mol. The van der Waals surface area contributed by atoms with Crippen molar-refractivity contribution in [3.05, 3.63) is 18.6 Å². The minimum Gasteiger partial charge on any atom is -0.387 e. The van der Waals surface area contributed by atoms with Crippen LogP contribution in [0.1, 0.15) is 13.8 Å². The van der Waals surface area contributed by atoms with Crippen LogP contribution in [0.5, 0.6) is 0 Å². The van der Waals surface area contributed by atoms with Gasteiger partial charge in [0.25, 0.3) is 0 Å². The summed E-state index contributed by atoms with van der Waals surface area (Å²) < 4.78 is 2.93. The minimum atomic E-state index is -0.480. The third-order valence-electron chi connectivity index (χ3n) is 4.02. The summed E-state index contributed by atoms with van der Waals surface area (Å²) in [7, 11) is 0. The van der Waals surface area contributed by atoms with E-state index in [0.717, 1.165) is 0 Å². The predicted octanol–water partition coefficient (Wildman–Crippen LogP) is -0.929. The van der Waals surface area contributed by atoms with Crippen LogP contribution >= 0.6 is 0 Å². The smallest absolute Gasteiger partial charge is 0.342 e. The second-order valence-electron chi connectivity index (χ2n) is 6.25. The van der Waals surface area contributed by atoms with E-state index >= 15 is 0 Å². The summed E-state index contributed by atoms with van der Waals surface area (Å²) in [5.41, 5.74) is 0. The highest BCUT2D eigenvalue weighted by Gasteiger charge is 2.24. The van der Waals surface area contributed by atoms with Gasteiger partial charge in [0.2, 0.25) is 11.9 Å². The summed E-state index contributed by atoms with van der Waals surface area (Å²) in [4.78, 5) is 27.2. The summed E-state index contributed by atoms with van der Waals surface area (Å²) in [6.07, 6.45) is 3.11. The molecule has 0 aliphatic carbocycles. The number of hydrogen-bond donors (Lipinski definition) is 2. The molecule has 2 amide bonds. The Labute approximate surface area is 150 Å². The Morgan fingerprint density at radius 2 is 2.00 bits per heavy atom. The van der Waals surface area contributed by atoms with E-state index in [0.29, 0.717) is 37.9 Å². The molecule has 0 spiro atoms. The normalized spacial score (nSPS) is 14.8. The van der Waals surface area contributed by atoms with Crippen molar-refractivity contribution in [2.24, 2.45) is 0 Å². The molecule has 1 aliphatic heterocycles. The first-order valence-corrected chi connectivity index (χ1v) is 8.40. The molecule has 1 aliphatic rings. The van der Waals surface area contributed by atoms with Crippen LogP contribution in [0.15, 0.2) is 18.6 Å². The summed E-state index contributed by atoms with van der Waals surface area (Å²) in [6, 6.07) is 1.41. The van der Waals surface area contributed by atoms with E-state index < -0.39 is 6.61 Å². The van der Waals surface area contributed by atoms with Crippen molar-refractivity contribution in [3.63, 3.8) is 0 Å². The van der Waals surface area contributed by atoms with Gasteiger partial charge in [0.15, 0.2) is 5.82 Å². The first-order valence-electron chi connectivity index (χ1n) is 8.40. The summed E-state index contributed by atoms with van der Waals surface area (Å²) in [5, 5.41) is 24.1. The van der Waals surface area contributed by atoms with Gasteiger partial charge < -0.3 is 20.2 Å². The average Bonchev–Trinajstić information content (AvgIpc) is 3.29. The zero-order chi connectivity index (χ0) is 18.7. The van der Waals surface area contributed by atoms with Crippen LogP contribution < -0.4 is 10.2 Å². The number of rotatable bonds is 4. The Hall–Kier alpha value is -2.95. The number of carbonyl (C=O) groups excluding carboxylic acids is 2. The largest absolute Gasteiger partial charge is 0.387 e. The molecule has 0 aromatic carbocycles. The van der Waals surface area contributed by atoms with Crippen molar-refractivity contribution < 1.29 is 14.7 Å². The zero-order valence-electron chi connectivity index (χ0n) is 14.7. The lowest BCUT2D eigenvalue weighted by Gasteiger charge is -2.34. The molecule has 1 saturated heterocycles. The van der Waals surface area contributed by atoms with E-state index in [9.17, 15) is 9.59 Å². The quantitative estimate of drug-likeness (QED) is 0.721. The second kappa shape index (κ2) is 7.52. The Kier molecular flexibility index (Phi) is 5.16. The molecule has 0 radical (unpaired) electrons. The molecular formula is C15H22N8O3. The highest BCUT2D eigenvalue weighted by molar-refractivity contribution is 5.77. The highest BCUT2D eigenvalue weighted by atomic mass is 16.3. The van der Waals surface area contributed by atoms with Crippen LogP contribution in [0, 0.1) is 0 Å². The maximum Gasteiger partial charge on any atom is 0.342 e. The standard InChI is InChI=1S/C15H22N8O3/c1-11(2)17-15(26)23-4-3-12(19-23)22-10-16-18-14(22)21-7-5-20(6-8-21)13(25)9-24/h3-4,10-11,24H,5-9H2,1-2H3,(H,17,26).